The van der Waals surface area contributed by atoms with Crippen molar-refractivity contribution < 1.29 is 9.52 Å². The number of hydrogen-bond acceptors (Lipinski definition) is 3. The fraction of sp³-hybridized carbons (Fsp3) is 0.529. The Balaban J connectivity index is 2.15. The zero-order valence-electron chi connectivity index (χ0n) is 12.5. The average molecular weight is 275 g/mol. The number of unbranched alkanes of at least 4 members (excludes halogenated alkanes) is 1. The smallest absolute Gasteiger partial charge is 0.134 e. The van der Waals surface area contributed by atoms with Crippen molar-refractivity contribution in [2.24, 2.45) is 5.92 Å². The topological polar surface area (TPSA) is 45.4 Å². The molecule has 0 aliphatic rings. The van der Waals surface area contributed by atoms with Gasteiger partial charge in [-0.25, -0.2) is 0 Å². The van der Waals surface area contributed by atoms with E-state index in [9.17, 15) is 0 Å². The van der Waals surface area contributed by atoms with E-state index in [1.165, 1.54) is 17.4 Å². The molecule has 1 unspecified atom stereocenters. The van der Waals surface area contributed by atoms with Crippen molar-refractivity contribution in [3.8, 4) is 0 Å². The highest BCUT2D eigenvalue weighted by Crippen LogP contribution is 2.27. The quantitative estimate of drug-likeness (QED) is 0.775. The molecule has 1 aromatic heterocycles. The molecule has 1 atom stereocenters. The van der Waals surface area contributed by atoms with Crippen LogP contribution in [0.25, 0.3) is 11.0 Å². The fourth-order valence-electron chi connectivity index (χ4n) is 2.39. The van der Waals surface area contributed by atoms with Gasteiger partial charge in [0.1, 0.15) is 11.3 Å². The monoisotopic (exact) mass is 275 g/mol. The predicted octanol–water partition coefficient (Wildman–Crippen LogP) is 3.49. The Labute approximate surface area is 121 Å². The molecule has 0 amide bonds. The van der Waals surface area contributed by atoms with Gasteiger partial charge in [0.15, 0.2) is 0 Å². The lowest BCUT2D eigenvalue weighted by Crippen LogP contribution is -2.23. The maximum absolute atomic E-state index is 9.08. The summed E-state index contributed by atoms with van der Waals surface area (Å²) in [5, 5.41) is 13.7. The first-order valence-corrected chi connectivity index (χ1v) is 7.57. The number of aliphatic hydroxyl groups is 1. The predicted molar refractivity (Wildman–Crippen MR) is 82.8 cm³/mol. The van der Waals surface area contributed by atoms with E-state index in [0.29, 0.717) is 0 Å². The minimum Gasteiger partial charge on any atom is -0.461 e. The number of fused-ring (bicyclic) bond motifs is 1. The molecule has 2 aromatic rings. The molecule has 0 bridgehead atoms. The van der Waals surface area contributed by atoms with Gasteiger partial charge in [-0.05, 0) is 18.4 Å². The molecule has 0 saturated heterocycles. The number of hydrogen-bond donors (Lipinski definition) is 2. The van der Waals surface area contributed by atoms with Gasteiger partial charge in [0, 0.05) is 37.1 Å². The van der Waals surface area contributed by atoms with Gasteiger partial charge in [-0.3, -0.25) is 0 Å². The number of aryl methyl sites for hydroxylation is 1. The molecule has 1 aromatic carbocycles. The molecule has 0 spiro atoms. The Morgan fingerprint density at radius 2 is 2.10 bits per heavy atom. The van der Waals surface area contributed by atoms with Gasteiger partial charge in [0.05, 0.1) is 0 Å². The summed E-state index contributed by atoms with van der Waals surface area (Å²) in [7, 11) is 0. The van der Waals surface area contributed by atoms with Crippen molar-refractivity contribution in [2.45, 2.75) is 39.7 Å². The third kappa shape index (κ3) is 3.62. The minimum atomic E-state index is 0.224. The van der Waals surface area contributed by atoms with Crippen molar-refractivity contribution in [3.63, 3.8) is 0 Å². The highest BCUT2D eigenvalue weighted by molar-refractivity contribution is 5.82. The molecule has 3 heteroatoms. The van der Waals surface area contributed by atoms with Crippen LogP contribution >= 0.6 is 0 Å². The van der Waals surface area contributed by atoms with Crippen molar-refractivity contribution in [2.75, 3.05) is 13.2 Å². The van der Waals surface area contributed by atoms with Gasteiger partial charge in [-0.15, -0.1) is 0 Å². The van der Waals surface area contributed by atoms with E-state index in [4.69, 9.17) is 9.52 Å². The Morgan fingerprint density at radius 1 is 1.30 bits per heavy atom. The van der Waals surface area contributed by atoms with Gasteiger partial charge in [-0.2, -0.15) is 0 Å². The summed E-state index contributed by atoms with van der Waals surface area (Å²) in [4.78, 5) is 0. The van der Waals surface area contributed by atoms with Crippen molar-refractivity contribution in [3.05, 3.63) is 35.6 Å². The van der Waals surface area contributed by atoms with Crippen LogP contribution in [0, 0.1) is 5.92 Å². The molecule has 0 aliphatic heterocycles. The maximum Gasteiger partial charge on any atom is 0.134 e. The third-order valence-corrected chi connectivity index (χ3v) is 3.65. The lowest BCUT2D eigenvalue weighted by molar-refractivity contribution is 0.233. The summed E-state index contributed by atoms with van der Waals surface area (Å²) in [5.74, 6) is 1.39. The first-order valence-electron chi connectivity index (χ1n) is 7.57. The lowest BCUT2D eigenvalue weighted by Gasteiger charge is -2.10. The standard InChI is InChI=1S/C17H25NO2/c1-3-4-8-17-15(11-18-10-13(2)12-19)14-7-5-6-9-16(14)20-17/h5-7,9,13,18-19H,3-4,8,10-12H2,1-2H3. The van der Waals surface area contributed by atoms with Crippen LogP contribution < -0.4 is 5.32 Å². The number of nitrogens with one attached hydrogen (secondary N) is 1. The van der Waals surface area contributed by atoms with E-state index in [2.05, 4.69) is 24.4 Å². The first-order chi connectivity index (χ1) is 9.76. The molecule has 2 rings (SSSR count). The average Bonchev–Trinajstić information content (AvgIpc) is 2.83. The zero-order valence-corrected chi connectivity index (χ0v) is 12.5. The van der Waals surface area contributed by atoms with E-state index in [-0.39, 0.29) is 12.5 Å². The summed E-state index contributed by atoms with van der Waals surface area (Å²) >= 11 is 0. The normalized spacial score (nSPS) is 12.9. The minimum absolute atomic E-state index is 0.224. The molecular formula is C17H25NO2. The molecule has 0 radical (unpaired) electrons. The van der Waals surface area contributed by atoms with E-state index >= 15 is 0 Å². The van der Waals surface area contributed by atoms with Crippen LogP contribution in [-0.4, -0.2) is 18.3 Å². The van der Waals surface area contributed by atoms with Crippen LogP contribution in [0.2, 0.25) is 0 Å². The summed E-state index contributed by atoms with van der Waals surface area (Å²) in [6.45, 7) is 6.09. The lowest BCUT2D eigenvalue weighted by atomic mass is 10.1. The van der Waals surface area contributed by atoms with Gasteiger partial charge in [0.2, 0.25) is 0 Å². The van der Waals surface area contributed by atoms with Crippen LogP contribution in [-0.2, 0) is 13.0 Å². The molecule has 2 N–H and O–H groups in total. The second-order valence-corrected chi connectivity index (χ2v) is 5.52. The second kappa shape index (κ2) is 7.46. The molecule has 3 nitrogen and oxygen atoms in total. The second-order valence-electron chi connectivity index (χ2n) is 5.52. The fourth-order valence-corrected chi connectivity index (χ4v) is 2.39. The SMILES string of the molecule is CCCCc1oc2ccccc2c1CNCC(C)CO. The largest absolute Gasteiger partial charge is 0.461 e. The molecule has 110 valence electrons. The first kappa shape index (κ1) is 15.1. The number of furan rings is 1. The number of para-hydroxylation sites is 1. The van der Waals surface area contributed by atoms with Crippen molar-refractivity contribution in [1.82, 2.24) is 5.32 Å². The Kier molecular flexibility index (Phi) is 5.62. The number of benzene rings is 1. The summed E-state index contributed by atoms with van der Waals surface area (Å²) in [6.07, 6.45) is 3.32. The van der Waals surface area contributed by atoms with Crippen LogP contribution in [0.4, 0.5) is 0 Å². The van der Waals surface area contributed by atoms with Crippen LogP contribution in [0.1, 0.15) is 38.0 Å². The van der Waals surface area contributed by atoms with E-state index < -0.39 is 0 Å². The van der Waals surface area contributed by atoms with E-state index in [1.807, 2.05) is 19.1 Å². The molecular weight excluding hydrogens is 250 g/mol. The van der Waals surface area contributed by atoms with E-state index in [0.717, 1.165) is 37.3 Å². The zero-order chi connectivity index (χ0) is 14.4. The third-order valence-electron chi connectivity index (χ3n) is 3.65. The van der Waals surface area contributed by atoms with E-state index in [1.54, 1.807) is 0 Å². The Bertz CT molecular complexity index is 533. The number of rotatable bonds is 8. The van der Waals surface area contributed by atoms with Gasteiger partial charge >= 0.3 is 0 Å². The van der Waals surface area contributed by atoms with Gasteiger partial charge in [-0.1, -0.05) is 38.5 Å². The highest BCUT2D eigenvalue weighted by Gasteiger charge is 2.13. The van der Waals surface area contributed by atoms with Gasteiger partial charge in [0.25, 0.3) is 0 Å². The molecule has 1 heterocycles. The van der Waals surface area contributed by atoms with Crippen LogP contribution in [0.3, 0.4) is 0 Å². The van der Waals surface area contributed by atoms with Crippen molar-refractivity contribution >= 4 is 11.0 Å². The Hall–Kier alpha value is -1.32. The molecule has 20 heavy (non-hydrogen) atoms. The van der Waals surface area contributed by atoms with Crippen LogP contribution in [0.5, 0.6) is 0 Å². The summed E-state index contributed by atoms with van der Waals surface area (Å²) in [5.41, 5.74) is 2.25. The Morgan fingerprint density at radius 3 is 2.85 bits per heavy atom. The number of aliphatic hydroxyl groups excluding tert-OH is 1. The molecule has 0 aliphatic carbocycles. The molecule has 0 fully saturated rings. The van der Waals surface area contributed by atoms with Gasteiger partial charge < -0.3 is 14.8 Å². The summed E-state index contributed by atoms with van der Waals surface area (Å²) in [6, 6.07) is 8.23. The maximum atomic E-state index is 9.08. The summed E-state index contributed by atoms with van der Waals surface area (Å²) < 4.78 is 6.00. The van der Waals surface area contributed by atoms with Crippen molar-refractivity contribution in [1.29, 1.82) is 0 Å². The van der Waals surface area contributed by atoms with Crippen LogP contribution in [0.15, 0.2) is 28.7 Å². The molecule has 0 saturated carbocycles. The highest BCUT2D eigenvalue weighted by atomic mass is 16.3.